The maximum absolute atomic E-state index is 12.3. The summed E-state index contributed by atoms with van der Waals surface area (Å²) in [6.07, 6.45) is -0.913. The second-order valence-corrected chi connectivity index (χ2v) is 7.30. The SMILES string of the molecule is COc1ccc(C)cc1NC(=O)[C@H](C)OC(=O)CSCc1ccccc1Cl. The van der Waals surface area contributed by atoms with Gasteiger partial charge in [-0.25, -0.2) is 0 Å². The van der Waals surface area contributed by atoms with Crippen LogP contribution in [0.3, 0.4) is 0 Å². The van der Waals surface area contributed by atoms with E-state index >= 15 is 0 Å². The van der Waals surface area contributed by atoms with Gasteiger partial charge in [0.15, 0.2) is 6.10 Å². The van der Waals surface area contributed by atoms with Crippen LogP contribution >= 0.6 is 23.4 Å². The third-order valence-corrected chi connectivity index (χ3v) is 5.05. The van der Waals surface area contributed by atoms with E-state index in [2.05, 4.69) is 5.32 Å². The Morgan fingerprint density at radius 1 is 1.22 bits per heavy atom. The van der Waals surface area contributed by atoms with Gasteiger partial charge in [-0.15, -0.1) is 11.8 Å². The predicted molar refractivity (Wildman–Crippen MR) is 110 cm³/mol. The highest BCUT2D eigenvalue weighted by molar-refractivity contribution is 7.99. The van der Waals surface area contributed by atoms with E-state index in [9.17, 15) is 9.59 Å². The molecule has 0 heterocycles. The van der Waals surface area contributed by atoms with Gasteiger partial charge in [-0.3, -0.25) is 9.59 Å². The Morgan fingerprint density at radius 3 is 2.67 bits per heavy atom. The number of esters is 1. The smallest absolute Gasteiger partial charge is 0.316 e. The third kappa shape index (κ3) is 6.48. The lowest BCUT2D eigenvalue weighted by atomic mass is 10.2. The zero-order valence-electron chi connectivity index (χ0n) is 15.5. The Kier molecular flexibility index (Phi) is 8.00. The molecule has 2 aromatic carbocycles. The number of rotatable bonds is 8. The summed E-state index contributed by atoms with van der Waals surface area (Å²) in [6.45, 7) is 3.45. The van der Waals surface area contributed by atoms with E-state index in [1.165, 1.54) is 25.8 Å². The fraction of sp³-hybridized carbons (Fsp3) is 0.300. The molecule has 0 aromatic heterocycles. The van der Waals surface area contributed by atoms with Crippen molar-refractivity contribution >= 4 is 40.9 Å². The van der Waals surface area contributed by atoms with Crippen LogP contribution in [0.4, 0.5) is 5.69 Å². The fourth-order valence-corrected chi connectivity index (χ4v) is 3.39. The standard InChI is InChI=1S/C20H22ClNO4S/c1-13-8-9-18(25-3)17(10-13)22-20(24)14(2)26-19(23)12-27-11-15-6-4-5-7-16(15)21/h4-10,14H,11-12H2,1-3H3,(H,22,24)/t14-/m0/s1. The maximum Gasteiger partial charge on any atom is 0.316 e. The van der Waals surface area contributed by atoms with Gasteiger partial charge in [-0.05, 0) is 43.2 Å². The number of methoxy groups -OCH3 is 1. The van der Waals surface area contributed by atoms with Crippen molar-refractivity contribution in [3.05, 3.63) is 58.6 Å². The summed E-state index contributed by atoms with van der Waals surface area (Å²) in [6, 6.07) is 12.9. The minimum atomic E-state index is -0.913. The van der Waals surface area contributed by atoms with E-state index in [1.807, 2.05) is 37.3 Å². The molecular weight excluding hydrogens is 386 g/mol. The quantitative estimate of drug-likeness (QED) is 0.654. The lowest BCUT2D eigenvalue weighted by Gasteiger charge is -2.15. The molecule has 0 unspecified atom stereocenters. The van der Waals surface area contributed by atoms with Crippen LogP contribution in [-0.4, -0.2) is 30.8 Å². The number of anilines is 1. The van der Waals surface area contributed by atoms with Gasteiger partial charge in [-0.2, -0.15) is 0 Å². The number of thioether (sulfide) groups is 1. The van der Waals surface area contributed by atoms with Crippen LogP contribution in [0.25, 0.3) is 0 Å². The number of aryl methyl sites for hydroxylation is 1. The topological polar surface area (TPSA) is 64.6 Å². The number of halogens is 1. The number of carbonyl (C=O) groups excluding carboxylic acids is 2. The molecule has 27 heavy (non-hydrogen) atoms. The van der Waals surface area contributed by atoms with E-state index in [1.54, 1.807) is 12.1 Å². The first-order chi connectivity index (χ1) is 12.9. The molecule has 1 N–H and O–H groups in total. The Hall–Kier alpha value is -2.18. The molecule has 0 aliphatic carbocycles. The number of amides is 1. The molecule has 0 radical (unpaired) electrons. The van der Waals surface area contributed by atoms with Gasteiger partial charge in [-0.1, -0.05) is 35.9 Å². The first kappa shape index (κ1) is 21.1. The fourth-order valence-electron chi connectivity index (χ4n) is 2.30. The van der Waals surface area contributed by atoms with Crippen LogP contribution in [0, 0.1) is 6.92 Å². The molecule has 0 fully saturated rings. The van der Waals surface area contributed by atoms with E-state index in [4.69, 9.17) is 21.1 Å². The van der Waals surface area contributed by atoms with Crippen LogP contribution in [0.5, 0.6) is 5.75 Å². The number of carbonyl (C=O) groups is 2. The van der Waals surface area contributed by atoms with Crippen molar-refractivity contribution in [2.24, 2.45) is 0 Å². The summed E-state index contributed by atoms with van der Waals surface area (Å²) in [7, 11) is 1.53. The monoisotopic (exact) mass is 407 g/mol. The van der Waals surface area contributed by atoms with E-state index in [0.717, 1.165) is 11.1 Å². The summed E-state index contributed by atoms with van der Waals surface area (Å²) < 4.78 is 10.4. The first-order valence-corrected chi connectivity index (χ1v) is 9.90. The van der Waals surface area contributed by atoms with Gasteiger partial charge in [0, 0.05) is 10.8 Å². The van der Waals surface area contributed by atoms with E-state index in [-0.39, 0.29) is 5.75 Å². The van der Waals surface area contributed by atoms with Crippen molar-refractivity contribution in [1.29, 1.82) is 0 Å². The lowest BCUT2D eigenvalue weighted by Crippen LogP contribution is -2.30. The largest absolute Gasteiger partial charge is 0.495 e. The van der Waals surface area contributed by atoms with Crippen molar-refractivity contribution in [3.63, 3.8) is 0 Å². The molecule has 144 valence electrons. The average molecular weight is 408 g/mol. The molecule has 5 nitrogen and oxygen atoms in total. The van der Waals surface area contributed by atoms with Gasteiger partial charge in [0.2, 0.25) is 0 Å². The van der Waals surface area contributed by atoms with Crippen molar-refractivity contribution in [1.82, 2.24) is 0 Å². The minimum absolute atomic E-state index is 0.136. The molecular formula is C20H22ClNO4S. The van der Waals surface area contributed by atoms with Gasteiger partial charge in [0.25, 0.3) is 5.91 Å². The number of hydrogen-bond acceptors (Lipinski definition) is 5. The van der Waals surface area contributed by atoms with Crippen LogP contribution in [0.15, 0.2) is 42.5 Å². The van der Waals surface area contributed by atoms with E-state index in [0.29, 0.717) is 22.2 Å². The second-order valence-electron chi connectivity index (χ2n) is 5.91. The highest BCUT2D eigenvalue weighted by Gasteiger charge is 2.19. The maximum atomic E-state index is 12.3. The number of hydrogen-bond donors (Lipinski definition) is 1. The Morgan fingerprint density at radius 2 is 1.96 bits per heavy atom. The number of ether oxygens (including phenoxy) is 2. The highest BCUT2D eigenvalue weighted by Crippen LogP contribution is 2.25. The van der Waals surface area contributed by atoms with Crippen LogP contribution < -0.4 is 10.1 Å². The molecule has 2 rings (SSSR count). The zero-order valence-corrected chi connectivity index (χ0v) is 17.0. The lowest BCUT2D eigenvalue weighted by molar-refractivity contribution is -0.150. The molecule has 0 spiro atoms. The normalized spacial score (nSPS) is 11.6. The number of nitrogens with one attached hydrogen (secondary N) is 1. The van der Waals surface area contributed by atoms with Crippen molar-refractivity contribution in [3.8, 4) is 5.75 Å². The first-order valence-electron chi connectivity index (χ1n) is 8.37. The summed E-state index contributed by atoms with van der Waals surface area (Å²) in [5.74, 6) is 0.406. The van der Waals surface area contributed by atoms with Crippen molar-refractivity contribution in [2.75, 3.05) is 18.2 Å². The molecule has 0 aliphatic heterocycles. The molecule has 1 amide bonds. The summed E-state index contributed by atoms with van der Waals surface area (Å²) >= 11 is 7.47. The van der Waals surface area contributed by atoms with Crippen LogP contribution in [0.1, 0.15) is 18.1 Å². The average Bonchev–Trinajstić information content (AvgIpc) is 2.63. The summed E-state index contributed by atoms with van der Waals surface area (Å²) in [4.78, 5) is 24.3. The Bertz CT molecular complexity index is 812. The molecule has 1 atom stereocenters. The molecule has 2 aromatic rings. The van der Waals surface area contributed by atoms with Crippen molar-refractivity contribution < 1.29 is 19.1 Å². The molecule has 0 aliphatic rings. The summed E-state index contributed by atoms with van der Waals surface area (Å²) in [5, 5.41) is 3.40. The molecule has 0 saturated carbocycles. The Labute approximate surface area is 168 Å². The van der Waals surface area contributed by atoms with Gasteiger partial charge >= 0.3 is 5.97 Å². The van der Waals surface area contributed by atoms with Crippen molar-refractivity contribution in [2.45, 2.75) is 25.7 Å². The molecule has 0 bridgehead atoms. The molecule has 7 heteroatoms. The van der Waals surface area contributed by atoms with Gasteiger partial charge in [0.05, 0.1) is 18.6 Å². The predicted octanol–water partition coefficient (Wildman–Crippen LogP) is 4.46. The minimum Gasteiger partial charge on any atom is -0.495 e. The molecule has 0 saturated heterocycles. The number of benzene rings is 2. The highest BCUT2D eigenvalue weighted by atomic mass is 35.5. The van der Waals surface area contributed by atoms with Gasteiger partial charge < -0.3 is 14.8 Å². The van der Waals surface area contributed by atoms with Crippen LogP contribution in [0.2, 0.25) is 5.02 Å². The summed E-state index contributed by atoms with van der Waals surface area (Å²) in [5.41, 5.74) is 2.47. The van der Waals surface area contributed by atoms with E-state index < -0.39 is 18.0 Å². The third-order valence-electron chi connectivity index (χ3n) is 3.73. The Balaban J connectivity index is 1.82. The zero-order chi connectivity index (χ0) is 19.8. The van der Waals surface area contributed by atoms with Crippen LogP contribution in [-0.2, 0) is 20.1 Å². The second kappa shape index (κ2) is 10.2. The van der Waals surface area contributed by atoms with Gasteiger partial charge in [0.1, 0.15) is 5.75 Å².